The minimum absolute atomic E-state index is 0.0574. The molecule has 40 heavy (non-hydrogen) atoms. The maximum Gasteiger partial charge on any atom is 0.123 e. The molecule has 0 radical (unpaired) electrons. The van der Waals surface area contributed by atoms with Crippen LogP contribution in [-0.2, 0) is 21.7 Å². The lowest BCUT2D eigenvalue weighted by Gasteiger charge is -2.33. The van der Waals surface area contributed by atoms with Gasteiger partial charge in [-0.1, -0.05) is 153 Å². The van der Waals surface area contributed by atoms with Crippen molar-refractivity contribution in [3.05, 3.63) is 57.6 Å². The highest BCUT2D eigenvalue weighted by molar-refractivity contribution is 5.57. The van der Waals surface area contributed by atoms with Gasteiger partial charge in [0.25, 0.3) is 0 Å². The fraction of sp³-hybridized carbons (Fsp3) is 0.684. The number of benzene rings is 2. The highest BCUT2D eigenvalue weighted by atomic mass is 16.3. The van der Waals surface area contributed by atoms with E-state index in [1.54, 1.807) is 0 Å². The van der Waals surface area contributed by atoms with Crippen LogP contribution < -0.4 is 0 Å². The molecule has 0 bridgehead atoms. The largest absolute Gasteiger partial charge is 0.507 e. The van der Waals surface area contributed by atoms with E-state index in [9.17, 15) is 10.2 Å². The van der Waals surface area contributed by atoms with Crippen LogP contribution in [0.5, 0.6) is 11.5 Å². The first-order valence-corrected chi connectivity index (χ1v) is 16.0. The van der Waals surface area contributed by atoms with Crippen molar-refractivity contribution in [2.24, 2.45) is 0 Å². The van der Waals surface area contributed by atoms with Crippen molar-refractivity contribution in [2.45, 2.75) is 169 Å². The second-order valence-corrected chi connectivity index (χ2v) is 15.8. The SMILES string of the molecule is CCCCCC(C)(C)c1cc(C(C)(C)C)cc(C(C)c2cc(C(C)(C)C)cc(C(C)(C)CCCCC)c2O)c1O. The zero-order valence-electron chi connectivity index (χ0n) is 28.4. The fourth-order valence-electron chi connectivity index (χ4n) is 5.94. The third kappa shape index (κ3) is 8.07. The minimum atomic E-state index is -0.153. The molecule has 226 valence electrons. The number of unbranched alkanes of at least 4 members (excludes halogenated alkanes) is 4. The summed E-state index contributed by atoms with van der Waals surface area (Å²) in [7, 11) is 0. The molecule has 0 heterocycles. The average Bonchev–Trinajstić information content (AvgIpc) is 2.82. The van der Waals surface area contributed by atoms with Gasteiger partial charge in [-0.25, -0.2) is 0 Å². The Morgan fingerprint density at radius 1 is 0.550 bits per heavy atom. The van der Waals surface area contributed by atoms with Crippen LogP contribution in [0, 0.1) is 0 Å². The number of aromatic hydroxyl groups is 2. The van der Waals surface area contributed by atoms with E-state index in [2.05, 4.69) is 114 Å². The molecule has 0 atom stereocenters. The first kappa shape index (κ1) is 34.2. The molecular formula is C38H62O2. The Balaban J connectivity index is 2.81. The topological polar surface area (TPSA) is 40.5 Å². The Morgan fingerprint density at radius 2 is 0.875 bits per heavy atom. The van der Waals surface area contributed by atoms with E-state index in [4.69, 9.17) is 0 Å². The van der Waals surface area contributed by atoms with E-state index in [1.807, 2.05) is 0 Å². The molecule has 2 nitrogen and oxygen atoms in total. The molecule has 0 aromatic heterocycles. The maximum absolute atomic E-state index is 11.9. The summed E-state index contributed by atoms with van der Waals surface area (Å²) in [6.45, 7) is 29.2. The number of phenolic OH excluding ortho intramolecular Hbond substituents is 2. The van der Waals surface area contributed by atoms with E-state index < -0.39 is 0 Å². The van der Waals surface area contributed by atoms with Crippen molar-refractivity contribution in [3.63, 3.8) is 0 Å². The standard InChI is InChI=1S/C38H62O2/c1-14-16-18-20-37(10,11)31-24-27(35(4,5)6)22-29(33(31)39)26(3)30-23-28(36(7,8)9)25-32(34(30)40)38(12,13)21-19-17-15-2/h22-26,39-40H,14-21H2,1-13H3. The van der Waals surface area contributed by atoms with Crippen LogP contribution in [0.4, 0.5) is 0 Å². The molecule has 2 aromatic carbocycles. The van der Waals surface area contributed by atoms with Gasteiger partial charge in [-0.05, 0) is 45.6 Å². The van der Waals surface area contributed by atoms with Crippen LogP contribution in [0.25, 0.3) is 0 Å². The summed E-state index contributed by atoms with van der Waals surface area (Å²) in [4.78, 5) is 0. The summed E-state index contributed by atoms with van der Waals surface area (Å²) in [5.41, 5.74) is 5.97. The Labute approximate surface area is 248 Å². The van der Waals surface area contributed by atoms with E-state index in [0.717, 1.165) is 47.9 Å². The fourth-order valence-corrected chi connectivity index (χ4v) is 5.94. The third-order valence-corrected chi connectivity index (χ3v) is 9.21. The predicted molar refractivity (Wildman–Crippen MR) is 175 cm³/mol. The zero-order valence-corrected chi connectivity index (χ0v) is 28.4. The summed E-state index contributed by atoms with van der Waals surface area (Å²) in [5, 5.41) is 23.8. The number of hydrogen-bond donors (Lipinski definition) is 2. The summed E-state index contributed by atoms with van der Waals surface area (Å²) >= 11 is 0. The monoisotopic (exact) mass is 550 g/mol. The van der Waals surface area contributed by atoms with Crippen LogP contribution in [0.1, 0.15) is 181 Å². The third-order valence-electron chi connectivity index (χ3n) is 9.21. The molecule has 0 saturated heterocycles. The van der Waals surface area contributed by atoms with Crippen LogP contribution in [0.15, 0.2) is 24.3 Å². The summed E-state index contributed by atoms with van der Waals surface area (Å²) < 4.78 is 0. The number of hydrogen-bond acceptors (Lipinski definition) is 2. The van der Waals surface area contributed by atoms with E-state index in [-0.39, 0.29) is 27.6 Å². The van der Waals surface area contributed by atoms with Gasteiger partial charge in [0, 0.05) is 28.2 Å². The summed E-state index contributed by atoms with van der Waals surface area (Å²) in [6, 6.07) is 8.87. The first-order valence-electron chi connectivity index (χ1n) is 16.0. The number of rotatable bonds is 12. The van der Waals surface area contributed by atoms with Crippen LogP contribution in [-0.4, -0.2) is 10.2 Å². The highest BCUT2D eigenvalue weighted by Gasteiger charge is 2.33. The van der Waals surface area contributed by atoms with Gasteiger partial charge in [0.15, 0.2) is 0 Å². The van der Waals surface area contributed by atoms with Crippen molar-refractivity contribution >= 4 is 0 Å². The van der Waals surface area contributed by atoms with Crippen LogP contribution in [0.2, 0.25) is 0 Å². The minimum Gasteiger partial charge on any atom is -0.507 e. The summed E-state index contributed by atoms with van der Waals surface area (Å²) in [6.07, 6.45) is 9.16. The number of phenols is 2. The molecule has 0 aliphatic heterocycles. The van der Waals surface area contributed by atoms with Gasteiger partial charge in [-0.2, -0.15) is 0 Å². The van der Waals surface area contributed by atoms with Gasteiger partial charge in [0.1, 0.15) is 11.5 Å². The lowest BCUT2D eigenvalue weighted by atomic mass is 9.72. The Hall–Kier alpha value is -1.96. The van der Waals surface area contributed by atoms with Crippen molar-refractivity contribution in [1.29, 1.82) is 0 Å². The molecule has 0 unspecified atom stereocenters. The van der Waals surface area contributed by atoms with Crippen LogP contribution >= 0.6 is 0 Å². The predicted octanol–water partition coefficient (Wildman–Crippen LogP) is 11.6. The molecule has 0 amide bonds. The molecule has 0 aliphatic carbocycles. The van der Waals surface area contributed by atoms with Crippen LogP contribution in [0.3, 0.4) is 0 Å². The van der Waals surface area contributed by atoms with E-state index in [1.165, 1.54) is 36.8 Å². The Morgan fingerprint density at radius 3 is 1.15 bits per heavy atom. The molecule has 0 aliphatic rings. The normalized spacial score (nSPS) is 13.3. The Kier molecular flexibility index (Phi) is 11.1. The van der Waals surface area contributed by atoms with E-state index >= 15 is 0 Å². The molecule has 0 spiro atoms. The quantitative estimate of drug-likeness (QED) is 0.258. The maximum atomic E-state index is 11.9. The molecular weight excluding hydrogens is 488 g/mol. The van der Waals surface area contributed by atoms with Crippen molar-refractivity contribution in [1.82, 2.24) is 0 Å². The Bertz CT molecular complexity index is 1030. The second-order valence-electron chi connectivity index (χ2n) is 15.8. The van der Waals surface area contributed by atoms with Gasteiger partial charge in [0.05, 0.1) is 0 Å². The molecule has 2 rings (SSSR count). The van der Waals surface area contributed by atoms with Crippen molar-refractivity contribution in [3.8, 4) is 11.5 Å². The lowest BCUT2D eigenvalue weighted by molar-refractivity contribution is 0.396. The molecule has 2 heteroatoms. The zero-order chi connectivity index (χ0) is 30.7. The first-order chi connectivity index (χ1) is 18.3. The molecule has 2 N–H and O–H groups in total. The van der Waals surface area contributed by atoms with Gasteiger partial charge >= 0.3 is 0 Å². The lowest BCUT2D eigenvalue weighted by Crippen LogP contribution is -2.22. The molecule has 0 fully saturated rings. The van der Waals surface area contributed by atoms with Gasteiger partial charge < -0.3 is 10.2 Å². The van der Waals surface area contributed by atoms with Gasteiger partial charge in [0.2, 0.25) is 0 Å². The van der Waals surface area contributed by atoms with E-state index in [0.29, 0.717) is 11.5 Å². The van der Waals surface area contributed by atoms with Gasteiger partial charge in [-0.15, -0.1) is 0 Å². The summed E-state index contributed by atoms with van der Waals surface area (Å²) in [5.74, 6) is 0.637. The molecule has 2 aromatic rings. The van der Waals surface area contributed by atoms with Gasteiger partial charge in [-0.3, -0.25) is 0 Å². The average molecular weight is 551 g/mol. The molecule has 0 saturated carbocycles. The second kappa shape index (κ2) is 12.9. The van der Waals surface area contributed by atoms with Crippen molar-refractivity contribution < 1.29 is 10.2 Å². The highest BCUT2D eigenvalue weighted by Crippen LogP contribution is 2.48. The van der Waals surface area contributed by atoms with Crippen molar-refractivity contribution in [2.75, 3.05) is 0 Å². The smallest absolute Gasteiger partial charge is 0.123 e.